The topological polar surface area (TPSA) is 78.9 Å². The van der Waals surface area contributed by atoms with E-state index in [0.717, 1.165) is 70.6 Å². The second kappa shape index (κ2) is 70.6. The van der Waals surface area contributed by atoms with E-state index in [1.807, 2.05) is 12.2 Å². The molecule has 82 heavy (non-hydrogen) atoms. The predicted octanol–water partition coefficient (Wildman–Crippen LogP) is 25.1. The Morgan fingerprint density at radius 1 is 0.256 bits per heavy atom. The van der Waals surface area contributed by atoms with Crippen LogP contribution in [0.4, 0.5) is 0 Å². The summed E-state index contributed by atoms with van der Waals surface area (Å²) in [5.74, 6) is -1.01. The maximum atomic E-state index is 12.9. The summed E-state index contributed by atoms with van der Waals surface area (Å²) in [5.41, 5.74) is 0. The molecule has 6 nitrogen and oxygen atoms in total. The molecule has 0 bridgehead atoms. The molecule has 6 heteroatoms. The molecule has 0 saturated carbocycles. The van der Waals surface area contributed by atoms with Crippen molar-refractivity contribution in [3.05, 3.63) is 60.8 Å². The van der Waals surface area contributed by atoms with Crippen molar-refractivity contribution in [3.63, 3.8) is 0 Å². The van der Waals surface area contributed by atoms with Gasteiger partial charge >= 0.3 is 17.9 Å². The van der Waals surface area contributed by atoms with Crippen LogP contribution in [0, 0.1) is 0 Å². The number of esters is 3. The standard InChI is InChI=1S/C76H138O6/c1-4-7-10-13-16-19-22-25-28-30-32-34-35-36-37-38-39-40-41-42-44-45-48-51-54-57-60-63-66-69-75(78)81-72-73(71-80-74(77)68-65-62-59-56-53-50-47-27-24-21-18-15-12-9-6-3)82-76(79)70-67-64-61-58-55-52-49-46-43-33-31-29-26-23-20-17-14-11-8-5-2/h9,12,18,21,27,47,53,56,62,65,73H,4-8,10-11,13-17,19-20,22-26,28-46,48-52,54-55,57-61,63-64,66-72H2,1-3H3/b12-9-,21-18-,47-27-,56-53-,65-62-. The maximum Gasteiger partial charge on any atom is 0.309 e. The minimum absolute atomic E-state index is 0.0989. The lowest BCUT2D eigenvalue weighted by atomic mass is 10.0. The Bertz CT molecular complexity index is 1460. The number of carbonyl (C=O) groups excluding carboxylic acids is 3. The zero-order chi connectivity index (χ0) is 59.2. The lowest BCUT2D eigenvalue weighted by Gasteiger charge is -2.18. The Morgan fingerprint density at radius 2 is 0.476 bits per heavy atom. The zero-order valence-corrected chi connectivity index (χ0v) is 55.0. The molecule has 0 aliphatic heterocycles. The van der Waals surface area contributed by atoms with Gasteiger partial charge in [-0.15, -0.1) is 0 Å². The SMILES string of the molecule is CC/C=C\C/C=C\C/C=C\C/C=C\C/C=C\CC(=O)OCC(COC(=O)CCCCCCCCCCCCCCCCCCCCCCCCCCCCCCC)OC(=O)CCCCCCCCCCCCCCCCCCCCCC. The van der Waals surface area contributed by atoms with Crippen LogP contribution < -0.4 is 0 Å². The number of carbonyl (C=O) groups is 3. The maximum absolute atomic E-state index is 12.9. The molecule has 0 fully saturated rings. The lowest BCUT2D eigenvalue weighted by molar-refractivity contribution is -0.166. The second-order valence-electron chi connectivity index (χ2n) is 24.5. The first kappa shape index (κ1) is 79.1. The van der Waals surface area contributed by atoms with Crippen LogP contribution in [-0.4, -0.2) is 37.2 Å². The first-order chi connectivity index (χ1) is 40.5. The van der Waals surface area contributed by atoms with E-state index in [0.29, 0.717) is 12.8 Å². The molecular weight excluding hydrogens is 1010 g/mol. The Labute approximate surface area is 510 Å². The monoisotopic (exact) mass is 1150 g/mol. The summed E-state index contributed by atoms with van der Waals surface area (Å²) < 4.78 is 16.9. The number of ether oxygens (including phenoxy) is 3. The van der Waals surface area contributed by atoms with Crippen LogP contribution in [0.2, 0.25) is 0 Å². The second-order valence-corrected chi connectivity index (χ2v) is 24.5. The first-order valence-corrected chi connectivity index (χ1v) is 36.3. The summed E-state index contributed by atoms with van der Waals surface area (Å²) in [6.45, 7) is 6.51. The van der Waals surface area contributed by atoms with Gasteiger partial charge in [-0.3, -0.25) is 14.4 Å². The number of rotatable bonds is 67. The quantitative estimate of drug-likeness (QED) is 0.0261. The number of hydrogen-bond acceptors (Lipinski definition) is 6. The molecular formula is C76H138O6. The minimum atomic E-state index is -0.813. The fourth-order valence-corrected chi connectivity index (χ4v) is 10.9. The summed E-state index contributed by atoms with van der Waals surface area (Å²) in [7, 11) is 0. The molecule has 1 unspecified atom stereocenters. The molecule has 0 aromatic rings. The number of allylic oxidation sites excluding steroid dienone is 9. The summed E-state index contributed by atoms with van der Waals surface area (Å²) in [5, 5.41) is 0. The Hall–Kier alpha value is -2.89. The molecule has 0 radical (unpaired) electrons. The molecule has 0 aromatic carbocycles. The van der Waals surface area contributed by atoms with E-state index in [9.17, 15) is 14.4 Å². The fourth-order valence-electron chi connectivity index (χ4n) is 10.9. The molecule has 0 amide bonds. The van der Waals surface area contributed by atoms with Gasteiger partial charge in [-0.25, -0.2) is 0 Å². The van der Waals surface area contributed by atoms with Gasteiger partial charge in [0.2, 0.25) is 0 Å². The highest BCUT2D eigenvalue weighted by Crippen LogP contribution is 2.19. The molecule has 0 N–H and O–H groups in total. The van der Waals surface area contributed by atoms with Crippen molar-refractivity contribution >= 4 is 17.9 Å². The van der Waals surface area contributed by atoms with Gasteiger partial charge in [0.25, 0.3) is 0 Å². The van der Waals surface area contributed by atoms with Crippen molar-refractivity contribution in [2.45, 2.75) is 393 Å². The minimum Gasteiger partial charge on any atom is -0.462 e. The molecule has 478 valence electrons. The lowest BCUT2D eigenvalue weighted by Crippen LogP contribution is -2.30. The third-order valence-electron chi connectivity index (χ3n) is 16.3. The number of hydrogen-bond donors (Lipinski definition) is 0. The molecule has 0 heterocycles. The molecule has 0 spiro atoms. The van der Waals surface area contributed by atoms with Crippen molar-refractivity contribution in [1.82, 2.24) is 0 Å². The van der Waals surface area contributed by atoms with Crippen molar-refractivity contribution in [1.29, 1.82) is 0 Å². The van der Waals surface area contributed by atoms with E-state index >= 15 is 0 Å². The Kier molecular flexibility index (Phi) is 68.1. The summed E-state index contributed by atoms with van der Waals surface area (Å²) in [4.78, 5) is 38.4. The summed E-state index contributed by atoms with van der Waals surface area (Å²) >= 11 is 0. The van der Waals surface area contributed by atoms with Gasteiger partial charge in [-0.1, -0.05) is 383 Å². The largest absolute Gasteiger partial charge is 0.462 e. The van der Waals surface area contributed by atoms with Crippen LogP contribution in [0.5, 0.6) is 0 Å². The molecule has 0 aliphatic rings. The molecule has 0 rings (SSSR count). The zero-order valence-electron chi connectivity index (χ0n) is 55.0. The van der Waals surface area contributed by atoms with E-state index in [1.165, 1.54) is 276 Å². The summed E-state index contributed by atoms with van der Waals surface area (Å²) in [6.07, 6.45) is 91.6. The molecule has 0 aliphatic carbocycles. The van der Waals surface area contributed by atoms with E-state index in [-0.39, 0.29) is 31.6 Å². The van der Waals surface area contributed by atoms with E-state index < -0.39 is 12.1 Å². The normalized spacial score (nSPS) is 12.4. The van der Waals surface area contributed by atoms with Gasteiger partial charge in [0.15, 0.2) is 6.10 Å². The van der Waals surface area contributed by atoms with Crippen molar-refractivity contribution in [2.75, 3.05) is 13.2 Å². The van der Waals surface area contributed by atoms with E-state index in [1.54, 1.807) is 0 Å². The van der Waals surface area contributed by atoms with Gasteiger partial charge in [-0.2, -0.15) is 0 Å². The molecule has 0 aromatic heterocycles. The third kappa shape index (κ3) is 67.9. The van der Waals surface area contributed by atoms with E-state index in [2.05, 4.69) is 69.4 Å². The number of unbranched alkanes of at least 4 members (excludes halogenated alkanes) is 47. The molecule has 0 saturated heterocycles. The van der Waals surface area contributed by atoms with Crippen molar-refractivity contribution in [2.24, 2.45) is 0 Å². The fraction of sp³-hybridized carbons (Fsp3) is 0.829. The average molecular weight is 1150 g/mol. The first-order valence-electron chi connectivity index (χ1n) is 36.3. The van der Waals surface area contributed by atoms with E-state index in [4.69, 9.17) is 14.2 Å². The van der Waals surface area contributed by atoms with Gasteiger partial charge in [0.05, 0.1) is 6.42 Å². The Balaban J connectivity index is 4.26. The van der Waals surface area contributed by atoms with Crippen LogP contribution in [0.3, 0.4) is 0 Å². The average Bonchev–Trinajstić information content (AvgIpc) is 3.47. The van der Waals surface area contributed by atoms with Crippen LogP contribution in [0.15, 0.2) is 60.8 Å². The predicted molar refractivity (Wildman–Crippen MR) is 358 cm³/mol. The van der Waals surface area contributed by atoms with Gasteiger partial charge in [-0.05, 0) is 44.9 Å². The van der Waals surface area contributed by atoms with Crippen LogP contribution in [0.25, 0.3) is 0 Å². The third-order valence-corrected chi connectivity index (χ3v) is 16.3. The Morgan fingerprint density at radius 3 is 0.744 bits per heavy atom. The smallest absolute Gasteiger partial charge is 0.309 e. The highest BCUT2D eigenvalue weighted by molar-refractivity contribution is 5.72. The summed E-state index contributed by atoms with van der Waals surface area (Å²) in [6, 6.07) is 0. The van der Waals surface area contributed by atoms with Gasteiger partial charge in [0.1, 0.15) is 13.2 Å². The van der Waals surface area contributed by atoms with Crippen LogP contribution >= 0.6 is 0 Å². The van der Waals surface area contributed by atoms with Gasteiger partial charge in [0, 0.05) is 12.8 Å². The van der Waals surface area contributed by atoms with Crippen LogP contribution in [-0.2, 0) is 28.6 Å². The van der Waals surface area contributed by atoms with Crippen molar-refractivity contribution in [3.8, 4) is 0 Å². The molecule has 1 atom stereocenters. The van der Waals surface area contributed by atoms with Crippen molar-refractivity contribution < 1.29 is 28.6 Å². The van der Waals surface area contributed by atoms with Gasteiger partial charge < -0.3 is 14.2 Å². The highest BCUT2D eigenvalue weighted by Gasteiger charge is 2.19. The highest BCUT2D eigenvalue weighted by atomic mass is 16.6. The van der Waals surface area contributed by atoms with Crippen LogP contribution in [0.1, 0.15) is 387 Å².